The molecule has 0 saturated carbocycles. The molecule has 2 heterocycles. The quantitative estimate of drug-likeness (QED) is 0.662. The first-order valence-electron chi connectivity index (χ1n) is 7.34. The number of alkyl halides is 3. The van der Waals surface area contributed by atoms with Crippen molar-refractivity contribution in [3.8, 4) is 0 Å². The van der Waals surface area contributed by atoms with Crippen molar-refractivity contribution < 1.29 is 17.6 Å². The fourth-order valence-corrected chi connectivity index (χ4v) is 2.24. The van der Waals surface area contributed by atoms with Crippen LogP contribution in [0.1, 0.15) is 35.7 Å². The van der Waals surface area contributed by atoms with Gasteiger partial charge in [-0.3, -0.25) is 9.67 Å². The van der Waals surface area contributed by atoms with Crippen molar-refractivity contribution >= 4 is 5.96 Å². The highest BCUT2D eigenvalue weighted by Gasteiger charge is 2.36. The third kappa shape index (κ3) is 4.30. The van der Waals surface area contributed by atoms with E-state index in [0.29, 0.717) is 11.7 Å². The molecule has 0 aliphatic rings. The lowest BCUT2D eigenvalue weighted by atomic mass is 10.2. The average Bonchev–Trinajstić information content (AvgIpc) is 3.08. The van der Waals surface area contributed by atoms with Crippen LogP contribution in [-0.4, -0.2) is 22.8 Å². The number of furan rings is 1. The van der Waals surface area contributed by atoms with E-state index < -0.39 is 11.9 Å². The zero-order valence-electron chi connectivity index (χ0n) is 13.9. The number of hydrogen-bond donors (Lipinski definition) is 2. The molecule has 2 aromatic rings. The Kier molecular flexibility index (Phi) is 5.20. The molecule has 9 heteroatoms. The standard InChI is InChI=1S/C15H20F3N5O/c1-9-5-6-12(24-9)10(2)21-14(19-3)20-7-11-8-23(4)22-13(11)15(16,17)18/h5-6,8,10H,7H2,1-4H3,(H2,19,20,21). The second-order valence-electron chi connectivity index (χ2n) is 5.41. The van der Waals surface area contributed by atoms with Crippen molar-refractivity contribution in [3.05, 3.63) is 41.1 Å². The van der Waals surface area contributed by atoms with Crippen LogP contribution in [0.4, 0.5) is 13.2 Å². The van der Waals surface area contributed by atoms with Gasteiger partial charge in [-0.25, -0.2) is 0 Å². The van der Waals surface area contributed by atoms with Crippen molar-refractivity contribution in [2.24, 2.45) is 12.0 Å². The molecule has 0 radical (unpaired) electrons. The molecule has 1 unspecified atom stereocenters. The summed E-state index contributed by atoms with van der Waals surface area (Å²) < 4.78 is 45.5. The Morgan fingerprint density at radius 2 is 2.12 bits per heavy atom. The molecule has 132 valence electrons. The highest BCUT2D eigenvalue weighted by atomic mass is 19.4. The minimum absolute atomic E-state index is 0.0493. The summed E-state index contributed by atoms with van der Waals surface area (Å²) in [6.45, 7) is 3.66. The minimum atomic E-state index is -4.49. The van der Waals surface area contributed by atoms with E-state index in [1.54, 1.807) is 7.05 Å². The van der Waals surface area contributed by atoms with Crippen LogP contribution in [0.2, 0.25) is 0 Å². The van der Waals surface area contributed by atoms with E-state index in [1.807, 2.05) is 26.0 Å². The number of halogens is 3. The van der Waals surface area contributed by atoms with Crippen LogP contribution in [0.15, 0.2) is 27.7 Å². The summed E-state index contributed by atoms with van der Waals surface area (Å²) in [6.07, 6.45) is -3.16. The maximum Gasteiger partial charge on any atom is 0.435 e. The number of rotatable bonds is 4. The molecule has 2 aromatic heterocycles. The van der Waals surface area contributed by atoms with Gasteiger partial charge in [-0.2, -0.15) is 18.3 Å². The van der Waals surface area contributed by atoms with Gasteiger partial charge in [0.05, 0.1) is 6.04 Å². The van der Waals surface area contributed by atoms with E-state index in [9.17, 15) is 13.2 Å². The van der Waals surface area contributed by atoms with Gasteiger partial charge < -0.3 is 15.1 Å². The molecule has 0 saturated heterocycles. The van der Waals surface area contributed by atoms with Crippen LogP contribution in [-0.2, 0) is 19.8 Å². The van der Waals surface area contributed by atoms with E-state index >= 15 is 0 Å². The van der Waals surface area contributed by atoms with Crippen LogP contribution in [0.5, 0.6) is 0 Å². The maximum atomic E-state index is 12.9. The molecule has 0 amide bonds. The molecule has 0 aromatic carbocycles. The smallest absolute Gasteiger partial charge is 0.435 e. The average molecular weight is 343 g/mol. The summed E-state index contributed by atoms with van der Waals surface area (Å²) >= 11 is 0. The molecular formula is C15H20F3N5O. The zero-order valence-corrected chi connectivity index (χ0v) is 13.9. The van der Waals surface area contributed by atoms with Crippen molar-refractivity contribution in [1.82, 2.24) is 20.4 Å². The first-order valence-corrected chi connectivity index (χ1v) is 7.34. The van der Waals surface area contributed by atoms with Gasteiger partial charge in [0.2, 0.25) is 0 Å². The van der Waals surface area contributed by atoms with Gasteiger partial charge in [-0.15, -0.1) is 0 Å². The lowest BCUT2D eigenvalue weighted by Crippen LogP contribution is -2.38. The Morgan fingerprint density at radius 3 is 2.67 bits per heavy atom. The Labute approximate surface area is 137 Å². The maximum absolute atomic E-state index is 12.9. The van der Waals surface area contributed by atoms with E-state index in [1.165, 1.54) is 13.2 Å². The van der Waals surface area contributed by atoms with E-state index in [4.69, 9.17) is 4.42 Å². The predicted molar refractivity (Wildman–Crippen MR) is 83.4 cm³/mol. The first-order chi connectivity index (χ1) is 11.2. The van der Waals surface area contributed by atoms with E-state index in [2.05, 4.69) is 20.7 Å². The van der Waals surface area contributed by atoms with E-state index in [0.717, 1.165) is 10.4 Å². The fraction of sp³-hybridized carbons (Fsp3) is 0.467. The first kappa shape index (κ1) is 17.9. The van der Waals surface area contributed by atoms with Crippen LogP contribution in [0, 0.1) is 6.92 Å². The predicted octanol–water partition coefficient (Wildman–Crippen LogP) is 2.77. The number of nitrogens with one attached hydrogen (secondary N) is 2. The van der Waals surface area contributed by atoms with Gasteiger partial charge >= 0.3 is 6.18 Å². The van der Waals surface area contributed by atoms with Gasteiger partial charge in [0.25, 0.3) is 0 Å². The Bertz CT molecular complexity index is 717. The van der Waals surface area contributed by atoms with Crippen molar-refractivity contribution in [2.45, 2.75) is 32.6 Å². The topological polar surface area (TPSA) is 67.4 Å². The lowest BCUT2D eigenvalue weighted by Gasteiger charge is -2.16. The summed E-state index contributed by atoms with van der Waals surface area (Å²) in [7, 11) is 3.00. The molecule has 0 aliphatic heterocycles. The third-order valence-corrected chi connectivity index (χ3v) is 3.38. The molecular weight excluding hydrogens is 323 g/mol. The Balaban J connectivity index is 2.02. The number of nitrogens with zero attached hydrogens (tertiary/aromatic N) is 3. The Hall–Kier alpha value is -2.45. The van der Waals surface area contributed by atoms with Gasteiger partial charge in [0.1, 0.15) is 11.5 Å². The van der Waals surface area contributed by atoms with Gasteiger partial charge in [-0.05, 0) is 26.0 Å². The van der Waals surface area contributed by atoms with Crippen LogP contribution >= 0.6 is 0 Å². The fourth-order valence-electron chi connectivity index (χ4n) is 2.24. The third-order valence-electron chi connectivity index (χ3n) is 3.38. The van der Waals surface area contributed by atoms with Gasteiger partial charge in [-0.1, -0.05) is 0 Å². The number of hydrogen-bond acceptors (Lipinski definition) is 3. The molecule has 0 fully saturated rings. The monoisotopic (exact) mass is 343 g/mol. The van der Waals surface area contributed by atoms with Crippen molar-refractivity contribution in [3.63, 3.8) is 0 Å². The minimum Gasteiger partial charge on any atom is -0.464 e. The van der Waals surface area contributed by atoms with Crippen LogP contribution in [0.3, 0.4) is 0 Å². The second kappa shape index (κ2) is 6.98. The van der Waals surface area contributed by atoms with Crippen LogP contribution in [0.25, 0.3) is 0 Å². The molecule has 1 atom stereocenters. The molecule has 2 rings (SSSR count). The highest BCUT2D eigenvalue weighted by molar-refractivity contribution is 5.80. The lowest BCUT2D eigenvalue weighted by molar-refractivity contribution is -0.142. The Morgan fingerprint density at radius 1 is 1.42 bits per heavy atom. The normalized spacial score (nSPS) is 13.9. The SMILES string of the molecule is CN=C(NCc1cn(C)nc1C(F)(F)F)NC(C)c1ccc(C)o1. The van der Waals surface area contributed by atoms with E-state index in [-0.39, 0.29) is 18.2 Å². The molecule has 0 bridgehead atoms. The number of aryl methyl sites for hydroxylation is 2. The second-order valence-corrected chi connectivity index (χ2v) is 5.41. The largest absolute Gasteiger partial charge is 0.464 e. The molecule has 0 aliphatic carbocycles. The van der Waals surface area contributed by atoms with Crippen molar-refractivity contribution in [2.75, 3.05) is 7.05 Å². The summed E-state index contributed by atoms with van der Waals surface area (Å²) in [5.41, 5.74) is -0.850. The zero-order chi connectivity index (χ0) is 17.9. The summed E-state index contributed by atoms with van der Waals surface area (Å²) in [5, 5.41) is 9.40. The number of aromatic nitrogens is 2. The molecule has 0 spiro atoms. The molecule has 2 N–H and O–H groups in total. The molecule has 6 nitrogen and oxygen atoms in total. The summed E-state index contributed by atoms with van der Waals surface area (Å²) in [5.74, 6) is 1.87. The number of aliphatic imine (C=N–C) groups is 1. The number of guanidine groups is 1. The highest BCUT2D eigenvalue weighted by Crippen LogP contribution is 2.30. The van der Waals surface area contributed by atoms with Crippen LogP contribution < -0.4 is 10.6 Å². The van der Waals surface area contributed by atoms with Gasteiger partial charge in [0, 0.05) is 32.4 Å². The van der Waals surface area contributed by atoms with Gasteiger partial charge in [0.15, 0.2) is 11.7 Å². The summed E-state index contributed by atoms with van der Waals surface area (Å²) in [4.78, 5) is 4.02. The van der Waals surface area contributed by atoms with Crippen molar-refractivity contribution in [1.29, 1.82) is 0 Å². The molecule has 24 heavy (non-hydrogen) atoms. The summed E-state index contributed by atoms with van der Waals surface area (Å²) in [6, 6.07) is 3.50.